The average molecular weight is 556 g/mol. The minimum absolute atomic E-state index is 0.00333. The van der Waals surface area contributed by atoms with Crippen molar-refractivity contribution in [2.24, 2.45) is 0 Å². The molecule has 0 spiro atoms. The lowest BCUT2D eigenvalue weighted by atomic mass is 9.92. The third-order valence-corrected chi connectivity index (χ3v) is 9.61. The number of amides is 1. The summed E-state index contributed by atoms with van der Waals surface area (Å²) in [5.74, 6) is -1.12. The molecule has 5 rings (SSSR count). The molecule has 0 fully saturated rings. The Labute approximate surface area is 220 Å². The normalized spacial score (nSPS) is 15.8. The van der Waals surface area contributed by atoms with E-state index in [0.29, 0.717) is 19.3 Å². The fourth-order valence-corrected chi connectivity index (χ4v) is 7.24. The maximum atomic E-state index is 13.2. The third-order valence-electron chi connectivity index (χ3n) is 6.68. The van der Waals surface area contributed by atoms with Gasteiger partial charge in [0.15, 0.2) is 0 Å². The molecule has 8 nitrogen and oxygen atoms in total. The fraction of sp³-hybridized carbons (Fsp3) is 0.222. The van der Waals surface area contributed by atoms with E-state index in [9.17, 15) is 26.0 Å². The molecule has 4 aromatic rings. The highest BCUT2D eigenvalue weighted by Crippen LogP contribution is 2.33. The molecule has 3 aromatic carbocycles. The van der Waals surface area contributed by atoms with E-state index < -0.39 is 31.8 Å². The number of sulfonamides is 2. The number of aromatic nitrogens is 1. The largest absolute Gasteiger partial charge is 0.344 e. The molecule has 11 heteroatoms. The minimum atomic E-state index is -3.96. The van der Waals surface area contributed by atoms with Gasteiger partial charge in [-0.25, -0.2) is 30.7 Å². The number of benzene rings is 3. The standard InChI is InChI=1S/C27H26FN3O5S2/c28-19-10-13-22(14-11-19)37(33,34)29-20-12-15-26-24(18-20)23-8-4-5-9-25(23)31(26)17-16-27(32)30-38(35,36)21-6-2-1-3-7-21/h1-11,13-14,20,29H,12,15-18H2,(H,30,32). The molecular weight excluding hydrogens is 529 g/mol. The maximum Gasteiger partial charge on any atom is 0.264 e. The van der Waals surface area contributed by atoms with Gasteiger partial charge in [-0.3, -0.25) is 4.79 Å². The van der Waals surface area contributed by atoms with Crippen LogP contribution in [0.25, 0.3) is 10.9 Å². The van der Waals surface area contributed by atoms with Crippen molar-refractivity contribution in [3.8, 4) is 0 Å². The van der Waals surface area contributed by atoms with Gasteiger partial charge >= 0.3 is 0 Å². The van der Waals surface area contributed by atoms with Gasteiger partial charge in [-0.15, -0.1) is 0 Å². The van der Waals surface area contributed by atoms with Crippen molar-refractivity contribution in [3.63, 3.8) is 0 Å². The van der Waals surface area contributed by atoms with Crippen LogP contribution in [-0.4, -0.2) is 33.4 Å². The topological polar surface area (TPSA) is 114 Å². The predicted octanol–water partition coefficient (Wildman–Crippen LogP) is 3.51. The molecule has 1 aliphatic rings. The predicted molar refractivity (Wildman–Crippen MR) is 141 cm³/mol. The second-order valence-corrected chi connectivity index (χ2v) is 12.6. The van der Waals surface area contributed by atoms with Gasteiger partial charge in [-0.05, 0) is 67.3 Å². The van der Waals surface area contributed by atoms with Crippen molar-refractivity contribution in [3.05, 3.63) is 95.9 Å². The van der Waals surface area contributed by atoms with Gasteiger partial charge in [0.1, 0.15) is 5.82 Å². The maximum absolute atomic E-state index is 13.2. The monoisotopic (exact) mass is 555 g/mol. The van der Waals surface area contributed by atoms with E-state index in [-0.39, 0.29) is 28.8 Å². The summed E-state index contributed by atoms with van der Waals surface area (Å²) in [5.41, 5.74) is 2.90. The number of carbonyl (C=O) groups is 1. The number of halogens is 1. The quantitative estimate of drug-likeness (QED) is 0.345. The van der Waals surface area contributed by atoms with Gasteiger partial charge in [0.2, 0.25) is 15.9 Å². The smallest absolute Gasteiger partial charge is 0.264 e. The second kappa shape index (κ2) is 10.3. The van der Waals surface area contributed by atoms with E-state index in [4.69, 9.17) is 0 Å². The molecule has 2 N–H and O–H groups in total. The number of nitrogens with zero attached hydrogens (tertiary/aromatic N) is 1. The zero-order valence-corrected chi connectivity index (χ0v) is 21.9. The van der Waals surface area contributed by atoms with Crippen LogP contribution in [0.5, 0.6) is 0 Å². The highest BCUT2D eigenvalue weighted by atomic mass is 32.2. The van der Waals surface area contributed by atoms with Gasteiger partial charge in [0.25, 0.3) is 10.0 Å². The molecule has 1 unspecified atom stereocenters. The summed E-state index contributed by atoms with van der Waals surface area (Å²) in [6.07, 6.45) is 1.53. The first-order valence-electron chi connectivity index (χ1n) is 12.1. The number of hydrogen-bond donors (Lipinski definition) is 2. The summed E-state index contributed by atoms with van der Waals surface area (Å²) in [5, 5.41) is 0.963. The van der Waals surface area contributed by atoms with Crippen molar-refractivity contribution >= 4 is 36.9 Å². The number of aryl methyl sites for hydroxylation is 1. The Balaban J connectivity index is 1.33. The average Bonchev–Trinajstić information content (AvgIpc) is 3.21. The van der Waals surface area contributed by atoms with Gasteiger partial charge in [0.05, 0.1) is 9.79 Å². The highest BCUT2D eigenvalue weighted by Gasteiger charge is 2.29. The SMILES string of the molecule is O=C(CCn1c2c(c3ccccc31)CC(NS(=O)(=O)c1ccc(F)cc1)CC2)NS(=O)(=O)c1ccccc1. The van der Waals surface area contributed by atoms with Crippen LogP contribution in [0, 0.1) is 5.82 Å². The van der Waals surface area contributed by atoms with E-state index >= 15 is 0 Å². The lowest BCUT2D eigenvalue weighted by molar-refractivity contribution is -0.119. The molecule has 0 saturated carbocycles. The van der Waals surface area contributed by atoms with Crippen LogP contribution < -0.4 is 9.44 Å². The van der Waals surface area contributed by atoms with Gasteiger partial charge in [-0.1, -0.05) is 36.4 Å². The van der Waals surface area contributed by atoms with Crippen LogP contribution >= 0.6 is 0 Å². The van der Waals surface area contributed by atoms with Crippen molar-refractivity contribution in [1.29, 1.82) is 0 Å². The van der Waals surface area contributed by atoms with Gasteiger partial charge < -0.3 is 4.57 Å². The molecule has 1 aromatic heterocycles. The first-order chi connectivity index (χ1) is 18.1. The van der Waals surface area contributed by atoms with Crippen molar-refractivity contribution in [2.45, 2.75) is 48.1 Å². The fourth-order valence-electron chi connectivity index (χ4n) is 4.93. The van der Waals surface area contributed by atoms with Crippen molar-refractivity contribution in [1.82, 2.24) is 14.0 Å². The number of rotatable bonds is 8. The first kappa shape index (κ1) is 26.1. The van der Waals surface area contributed by atoms with Crippen LogP contribution in [0.15, 0.2) is 88.7 Å². The number of hydrogen-bond acceptors (Lipinski definition) is 5. The summed E-state index contributed by atoms with van der Waals surface area (Å²) in [7, 11) is -7.78. The summed E-state index contributed by atoms with van der Waals surface area (Å²) in [6, 6.07) is 19.7. The molecule has 0 bridgehead atoms. The molecule has 1 heterocycles. The zero-order chi connectivity index (χ0) is 26.9. The molecule has 38 heavy (non-hydrogen) atoms. The number of para-hydroxylation sites is 1. The van der Waals surface area contributed by atoms with E-state index in [2.05, 4.69) is 9.44 Å². The second-order valence-electron chi connectivity index (χ2n) is 9.20. The Morgan fingerprint density at radius 1 is 0.868 bits per heavy atom. The van der Waals surface area contributed by atoms with Crippen LogP contribution in [0.1, 0.15) is 24.1 Å². The van der Waals surface area contributed by atoms with Crippen LogP contribution in [0.2, 0.25) is 0 Å². The minimum Gasteiger partial charge on any atom is -0.344 e. The number of carbonyl (C=O) groups excluding carboxylic acids is 1. The number of fused-ring (bicyclic) bond motifs is 3. The first-order valence-corrected chi connectivity index (χ1v) is 15.1. The van der Waals surface area contributed by atoms with Gasteiger partial charge in [0, 0.05) is 35.6 Å². The summed E-state index contributed by atoms with van der Waals surface area (Å²) >= 11 is 0. The molecule has 1 atom stereocenters. The van der Waals surface area contributed by atoms with E-state index in [1.165, 1.54) is 24.3 Å². The third kappa shape index (κ3) is 5.35. The number of nitrogens with one attached hydrogen (secondary N) is 2. The molecule has 1 aliphatic carbocycles. The zero-order valence-electron chi connectivity index (χ0n) is 20.3. The summed E-state index contributed by atoms with van der Waals surface area (Å²) < 4.78 is 70.9. The molecule has 198 valence electrons. The molecule has 1 amide bonds. The Morgan fingerprint density at radius 3 is 2.26 bits per heavy atom. The molecular formula is C27H26FN3O5S2. The Kier molecular flexibility index (Phi) is 7.08. The van der Waals surface area contributed by atoms with E-state index in [0.717, 1.165) is 34.3 Å². The molecule has 0 saturated heterocycles. The van der Waals surface area contributed by atoms with E-state index in [1.54, 1.807) is 18.2 Å². The van der Waals surface area contributed by atoms with E-state index in [1.807, 2.05) is 28.8 Å². The summed E-state index contributed by atoms with van der Waals surface area (Å²) in [4.78, 5) is 12.6. The van der Waals surface area contributed by atoms with Crippen LogP contribution in [0.3, 0.4) is 0 Å². The lowest BCUT2D eigenvalue weighted by Gasteiger charge is -2.25. The molecule has 0 radical (unpaired) electrons. The van der Waals surface area contributed by atoms with Crippen molar-refractivity contribution in [2.75, 3.05) is 0 Å². The van der Waals surface area contributed by atoms with Crippen LogP contribution in [-0.2, 0) is 44.2 Å². The molecule has 0 aliphatic heterocycles. The Hall–Kier alpha value is -3.54. The van der Waals surface area contributed by atoms with Crippen molar-refractivity contribution < 1.29 is 26.0 Å². The van der Waals surface area contributed by atoms with Crippen LogP contribution in [0.4, 0.5) is 4.39 Å². The Morgan fingerprint density at radius 2 is 1.53 bits per heavy atom. The summed E-state index contributed by atoms with van der Waals surface area (Å²) in [6.45, 7) is 0.276. The van der Waals surface area contributed by atoms with Gasteiger partial charge in [-0.2, -0.15) is 0 Å². The Bertz CT molecular complexity index is 1700. The highest BCUT2D eigenvalue weighted by molar-refractivity contribution is 7.90. The lowest BCUT2D eigenvalue weighted by Crippen LogP contribution is -2.39.